The van der Waals surface area contributed by atoms with E-state index in [4.69, 9.17) is 0 Å². The normalized spacial score (nSPS) is 13.1. The van der Waals surface area contributed by atoms with E-state index >= 15 is 0 Å². The van der Waals surface area contributed by atoms with Gasteiger partial charge in [0.25, 0.3) is 11.8 Å². The fourth-order valence-corrected chi connectivity index (χ4v) is 7.14. The Kier molecular flexibility index (Phi) is 6.81. The second-order valence-corrected chi connectivity index (χ2v) is 12.1. The Morgan fingerprint density at radius 2 is 0.930 bits per heavy atom. The first-order chi connectivity index (χ1) is 21.1. The molecule has 0 saturated heterocycles. The van der Waals surface area contributed by atoms with Crippen molar-refractivity contribution >= 4 is 51.6 Å². The van der Waals surface area contributed by atoms with Gasteiger partial charge in [0.05, 0.1) is 15.2 Å². The average molecular weight is 597 g/mol. The fraction of sp³-hybridized carbons (Fsp3) is 0.0278. The molecule has 0 fully saturated rings. The van der Waals surface area contributed by atoms with Gasteiger partial charge in [-0.3, -0.25) is 14.4 Å². The number of rotatable bonds is 6. The molecule has 2 aromatic heterocycles. The molecule has 1 aliphatic rings. The predicted molar refractivity (Wildman–Crippen MR) is 173 cm³/mol. The van der Waals surface area contributed by atoms with Crippen molar-refractivity contribution in [2.45, 2.75) is 5.41 Å². The van der Waals surface area contributed by atoms with Crippen LogP contribution in [0.2, 0.25) is 0 Å². The molecule has 0 aliphatic heterocycles. The number of benzene rings is 4. The minimum Gasteiger partial charge on any atom is -0.321 e. The number of ketones is 1. The Bertz CT molecular complexity index is 1820. The minimum atomic E-state index is -0.826. The summed E-state index contributed by atoms with van der Waals surface area (Å²) in [6.07, 6.45) is 0. The van der Waals surface area contributed by atoms with Crippen LogP contribution in [-0.2, 0) is 5.41 Å². The van der Waals surface area contributed by atoms with Gasteiger partial charge in [-0.2, -0.15) is 0 Å². The molecule has 2 amide bonds. The van der Waals surface area contributed by atoms with Crippen molar-refractivity contribution < 1.29 is 14.4 Å². The standard InChI is InChI=1S/C36H24N2O3S2/c39-33-27-7-1-3-9-29(27)36(30-10-4-2-8-28(30)33,23-13-17-25(18-14-23)37-34(40)31-11-5-21-42-31)24-15-19-26(20-16-24)38-35(41)32-12-6-22-43-32/h1-22H,(H,37,40)(H,38,41). The van der Waals surface area contributed by atoms with Gasteiger partial charge in [-0.15, -0.1) is 22.7 Å². The summed E-state index contributed by atoms with van der Waals surface area (Å²) < 4.78 is 0. The maximum Gasteiger partial charge on any atom is 0.265 e. The van der Waals surface area contributed by atoms with Gasteiger partial charge in [0, 0.05) is 22.5 Å². The lowest BCUT2D eigenvalue weighted by molar-refractivity contribution is 0.102. The number of anilines is 2. The number of carbonyl (C=O) groups excluding carboxylic acids is 3. The van der Waals surface area contributed by atoms with E-state index in [0.717, 1.165) is 22.3 Å². The fourth-order valence-electron chi connectivity index (χ4n) is 5.90. The number of amides is 2. The van der Waals surface area contributed by atoms with Crippen LogP contribution in [0.1, 0.15) is 57.5 Å². The summed E-state index contributed by atoms with van der Waals surface area (Å²) in [7, 11) is 0. The Morgan fingerprint density at radius 3 is 1.33 bits per heavy atom. The van der Waals surface area contributed by atoms with Crippen molar-refractivity contribution in [2.75, 3.05) is 10.6 Å². The lowest BCUT2D eigenvalue weighted by Gasteiger charge is -2.41. The second kappa shape index (κ2) is 10.9. The van der Waals surface area contributed by atoms with E-state index in [-0.39, 0.29) is 17.6 Å². The largest absolute Gasteiger partial charge is 0.321 e. The van der Waals surface area contributed by atoms with Crippen LogP contribution in [0, 0.1) is 0 Å². The third-order valence-corrected chi connectivity index (χ3v) is 9.53. The molecule has 0 bridgehead atoms. The van der Waals surface area contributed by atoms with E-state index in [1.54, 1.807) is 12.1 Å². The molecular formula is C36H24N2O3S2. The number of hydrogen-bond acceptors (Lipinski definition) is 5. The number of fused-ring (bicyclic) bond motifs is 2. The summed E-state index contributed by atoms with van der Waals surface area (Å²) in [5.41, 5.74) is 5.48. The Labute approximate surface area is 256 Å². The molecule has 6 aromatic rings. The summed E-state index contributed by atoms with van der Waals surface area (Å²) in [5, 5.41) is 9.72. The van der Waals surface area contributed by atoms with Crippen molar-refractivity contribution in [3.63, 3.8) is 0 Å². The highest BCUT2D eigenvalue weighted by atomic mass is 32.1. The Morgan fingerprint density at radius 1 is 0.512 bits per heavy atom. The summed E-state index contributed by atoms with van der Waals surface area (Å²) in [5.74, 6) is -0.324. The van der Waals surface area contributed by atoms with Crippen LogP contribution >= 0.6 is 22.7 Å². The maximum atomic E-state index is 13.7. The molecule has 43 heavy (non-hydrogen) atoms. The predicted octanol–water partition coefficient (Wildman–Crippen LogP) is 8.24. The lowest BCUT2D eigenvalue weighted by atomic mass is 9.59. The maximum absolute atomic E-state index is 13.7. The van der Waals surface area contributed by atoms with Crippen LogP contribution in [0.4, 0.5) is 11.4 Å². The van der Waals surface area contributed by atoms with Crippen LogP contribution in [0.25, 0.3) is 0 Å². The molecule has 7 rings (SSSR count). The first kappa shape index (κ1) is 26.8. The van der Waals surface area contributed by atoms with Crippen LogP contribution in [0.3, 0.4) is 0 Å². The molecule has 2 heterocycles. The molecule has 5 nitrogen and oxygen atoms in total. The van der Waals surface area contributed by atoms with E-state index in [0.29, 0.717) is 32.3 Å². The van der Waals surface area contributed by atoms with Gasteiger partial charge in [0.2, 0.25) is 0 Å². The molecule has 4 aromatic carbocycles. The van der Waals surface area contributed by atoms with Crippen LogP contribution in [0.5, 0.6) is 0 Å². The van der Waals surface area contributed by atoms with E-state index < -0.39 is 5.41 Å². The molecule has 2 N–H and O–H groups in total. The van der Waals surface area contributed by atoms with Gasteiger partial charge in [-0.1, -0.05) is 84.9 Å². The van der Waals surface area contributed by atoms with Crippen LogP contribution in [-0.4, -0.2) is 17.6 Å². The molecule has 0 radical (unpaired) electrons. The van der Waals surface area contributed by atoms with Gasteiger partial charge in [0.1, 0.15) is 0 Å². The highest BCUT2D eigenvalue weighted by Gasteiger charge is 2.46. The number of carbonyl (C=O) groups is 3. The summed E-state index contributed by atoms with van der Waals surface area (Å²) >= 11 is 2.78. The minimum absolute atomic E-state index is 0.0125. The zero-order valence-corrected chi connectivity index (χ0v) is 24.4. The monoisotopic (exact) mass is 596 g/mol. The Hall–Kier alpha value is -5.11. The number of nitrogens with one attached hydrogen (secondary N) is 2. The topological polar surface area (TPSA) is 75.3 Å². The SMILES string of the molecule is O=C(Nc1ccc(C2(c3ccc(NC(=O)c4cccs4)cc3)c3ccccc3C(=O)c3ccccc32)cc1)c1cccs1. The molecular weight excluding hydrogens is 573 g/mol. The summed E-state index contributed by atoms with van der Waals surface area (Å²) in [4.78, 5) is 40.5. The molecule has 0 unspecified atom stereocenters. The number of thiophene rings is 2. The van der Waals surface area contributed by atoms with E-state index in [2.05, 4.69) is 10.6 Å². The van der Waals surface area contributed by atoms with E-state index in [1.807, 2.05) is 120 Å². The molecule has 0 atom stereocenters. The lowest BCUT2D eigenvalue weighted by Crippen LogP contribution is -2.38. The zero-order valence-electron chi connectivity index (χ0n) is 22.7. The van der Waals surface area contributed by atoms with E-state index in [9.17, 15) is 14.4 Å². The first-order valence-electron chi connectivity index (χ1n) is 13.7. The third-order valence-electron chi connectivity index (χ3n) is 7.79. The van der Waals surface area contributed by atoms with Crippen molar-refractivity contribution in [3.05, 3.63) is 175 Å². The Balaban J connectivity index is 1.36. The van der Waals surface area contributed by atoms with Crippen molar-refractivity contribution in [1.29, 1.82) is 0 Å². The summed E-state index contributed by atoms with van der Waals surface area (Å²) in [6, 6.07) is 38.5. The molecule has 0 saturated carbocycles. The summed E-state index contributed by atoms with van der Waals surface area (Å²) in [6.45, 7) is 0. The van der Waals surface area contributed by atoms with Crippen molar-refractivity contribution in [3.8, 4) is 0 Å². The van der Waals surface area contributed by atoms with Crippen molar-refractivity contribution in [1.82, 2.24) is 0 Å². The van der Waals surface area contributed by atoms with Crippen LogP contribution in [0.15, 0.2) is 132 Å². The highest BCUT2D eigenvalue weighted by Crippen LogP contribution is 2.51. The smallest absolute Gasteiger partial charge is 0.265 e. The molecule has 7 heteroatoms. The highest BCUT2D eigenvalue weighted by molar-refractivity contribution is 7.12. The third kappa shape index (κ3) is 4.59. The van der Waals surface area contributed by atoms with Gasteiger partial charge in [0.15, 0.2) is 5.78 Å². The number of hydrogen-bond donors (Lipinski definition) is 2. The van der Waals surface area contributed by atoms with Gasteiger partial charge in [-0.05, 0) is 69.4 Å². The van der Waals surface area contributed by atoms with Gasteiger partial charge < -0.3 is 10.6 Å². The van der Waals surface area contributed by atoms with Crippen LogP contribution < -0.4 is 10.6 Å². The van der Waals surface area contributed by atoms with Gasteiger partial charge >= 0.3 is 0 Å². The zero-order chi connectivity index (χ0) is 29.4. The molecule has 208 valence electrons. The van der Waals surface area contributed by atoms with E-state index in [1.165, 1.54) is 22.7 Å². The van der Waals surface area contributed by atoms with Gasteiger partial charge in [-0.25, -0.2) is 0 Å². The molecule has 0 spiro atoms. The quantitative estimate of drug-likeness (QED) is 0.203. The molecule has 1 aliphatic carbocycles. The first-order valence-corrected chi connectivity index (χ1v) is 15.5. The second-order valence-electron chi connectivity index (χ2n) is 10.2. The van der Waals surface area contributed by atoms with Crippen molar-refractivity contribution in [2.24, 2.45) is 0 Å². The average Bonchev–Trinajstić information content (AvgIpc) is 3.79.